The van der Waals surface area contributed by atoms with Gasteiger partial charge in [0.15, 0.2) is 5.92 Å². The maximum absolute atomic E-state index is 10.2. The second kappa shape index (κ2) is 3.70. The predicted octanol–water partition coefficient (Wildman–Crippen LogP) is -0.508. The van der Waals surface area contributed by atoms with Gasteiger partial charge in [-0.05, 0) is 0 Å². The van der Waals surface area contributed by atoms with Crippen LogP contribution >= 0.6 is 0 Å². The van der Waals surface area contributed by atoms with Crippen molar-refractivity contribution in [2.75, 3.05) is 0 Å². The first-order chi connectivity index (χ1) is 5.37. The van der Waals surface area contributed by atoms with Crippen molar-refractivity contribution in [2.45, 2.75) is 6.92 Å². The van der Waals surface area contributed by atoms with Gasteiger partial charge in [0.1, 0.15) is 0 Å². The van der Waals surface area contributed by atoms with Gasteiger partial charge >= 0.3 is 17.9 Å². The number of hydrogen-bond donors (Lipinski definition) is 3. The van der Waals surface area contributed by atoms with Gasteiger partial charge in [-0.2, -0.15) is 0 Å². The molecule has 1 atom stereocenters. The zero-order valence-corrected chi connectivity index (χ0v) is 6.22. The molecule has 3 N–H and O–H groups in total. The molecule has 0 aliphatic rings. The van der Waals surface area contributed by atoms with Crippen molar-refractivity contribution < 1.29 is 29.7 Å². The normalized spacial score (nSPS) is 12.5. The number of aliphatic carboxylic acids is 3. The highest BCUT2D eigenvalue weighted by molar-refractivity contribution is 5.97. The topological polar surface area (TPSA) is 112 Å². The Morgan fingerprint density at radius 2 is 1.25 bits per heavy atom. The summed E-state index contributed by atoms with van der Waals surface area (Å²) in [4.78, 5) is 30.7. The van der Waals surface area contributed by atoms with Crippen LogP contribution in [0.2, 0.25) is 0 Å². The van der Waals surface area contributed by atoms with Gasteiger partial charge in [-0.25, -0.2) is 0 Å². The molecule has 6 heteroatoms. The van der Waals surface area contributed by atoms with E-state index in [0.29, 0.717) is 0 Å². The zero-order valence-electron chi connectivity index (χ0n) is 6.22. The number of hydrogen-bond acceptors (Lipinski definition) is 3. The summed E-state index contributed by atoms with van der Waals surface area (Å²) >= 11 is 0. The van der Waals surface area contributed by atoms with Crippen molar-refractivity contribution in [3.63, 3.8) is 0 Å². The van der Waals surface area contributed by atoms with Crippen LogP contribution in [0.3, 0.4) is 0 Å². The maximum atomic E-state index is 10.2. The summed E-state index contributed by atoms with van der Waals surface area (Å²) in [7, 11) is 0. The quantitative estimate of drug-likeness (QED) is 0.497. The van der Waals surface area contributed by atoms with Gasteiger partial charge in [-0.1, -0.05) is 6.92 Å². The third-order valence-corrected chi connectivity index (χ3v) is 1.42. The van der Waals surface area contributed by atoms with Crippen molar-refractivity contribution in [3.05, 3.63) is 0 Å². The van der Waals surface area contributed by atoms with Crippen LogP contribution in [-0.2, 0) is 14.4 Å². The summed E-state index contributed by atoms with van der Waals surface area (Å²) in [6.07, 6.45) is 0. The van der Waals surface area contributed by atoms with Crippen molar-refractivity contribution in [3.8, 4) is 0 Å². The first-order valence-electron chi connectivity index (χ1n) is 3.06. The number of carbonyl (C=O) groups is 3. The Bertz CT molecular complexity index is 206. The molecule has 0 aromatic carbocycles. The Balaban J connectivity index is 4.63. The van der Waals surface area contributed by atoms with E-state index in [4.69, 9.17) is 15.3 Å². The molecule has 0 fully saturated rings. The summed E-state index contributed by atoms with van der Waals surface area (Å²) in [5.74, 6) is -8.04. The molecule has 0 heterocycles. The molecule has 68 valence electrons. The van der Waals surface area contributed by atoms with Crippen LogP contribution in [0.25, 0.3) is 0 Å². The van der Waals surface area contributed by atoms with E-state index in [1.54, 1.807) is 0 Å². The maximum Gasteiger partial charge on any atom is 0.318 e. The molecule has 0 bridgehead atoms. The lowest BCUT2D eigenvalue weighted by Gasteiger charge is -2.10. The van der Waals surface area contributed by atoms with Crippen LogP contribution in [0, 0.1) is 11.8 Å². The molecule has 0 aliphatic heterocycles. The fraction of sp³-hybridized carbons (Fsp3) is 0.500. The second-order valence-electron chi connectivity index (χ2n) is 2.28. The number of carboxylic acid groups (broad SMARTS) is 3. The molecule has 0 aliphatic carbocycles. The minimum absolute atomic E-state index is 1.04. The van der Waals surface area contributed by atoms with E-state index in [1.807, 2.05) is 0 Å². The summed E-state index contributed by atoms with van der Waals surface area (Å²) in [6.45, 7) is 1.04. The van der Waals surface area contributed by atoms with E-state index in [1.165, 1.54) is 0 Å². The highest BCUT2D eigenvalue weighted by Gasteiger charge is 2.36. The first-order valence-corrected chi connectivity index (χ1v) is 3.06. The summed E-state index contributed by atoms with van der Waals surface area (Å²) < 4.78 is 0. The van der Waals surface area contributed by atoms with Crippen LogP contribution in [0.1, 0.15) is 6.92 Å². The highest BCUT2D eigenvalue weighted by atomic mass is 16.4. The Morgan fingerprint density at radius 1 is 0.917 bits per heavy atom. The van der Waals surface area contributed by atoms with Gasteiger partial charge in [-0.15, -0.1) is 0 Å². The standard InChI is InChI=1S/C6H8O6/c1-2(4(7)8)3(5(9)10)6(11)12/h2-3H,1H3,(H,7,8)(H,9,10)(H,11,12)/t2-/m0/s1. The van der Waals surface area contributed by atoms with Crippen molar-refractivity contribution >= 4 is 17.9 Å². The number of carboxylic acids is 3. The molecule has 0 rings (SSSR count). The fourth-order valence-corrected chi connectivity index (χ4v) is 0.676. The minimum Gasteiger partial charge on any atom is -0.481 e. The smallest absolute Gasteiger partial charge is 0.318 e. The first kappa shape index (κ1) is 10.4. The molecule has 0 aromatic rings. The zero-order chi connectivity index (χ0) is 9.89. The van der Waals surface area contributed by atoms with Crippen molar-refractivity contribution in [2.24, 2.45) is 11.8 Å². The van der Waals surface area contributed by atoms with Gasteiger partial charge in [0.25, 0.3) is 0 Å². The predicted molar refractivity (Wildman–Crippen MR) is 35.6 cm³/mol. The third-order valence-electron chi connectivity index (χ3n) is 1.42. The molecular weight excluding hydrogens is 168 g/mol. The lowest BCUT2D eigenvalue weighted by Crippen LogP contribution is -2.33. The van der Waals surface area contributed by atoms with E-state index in [9.17, 15) is 14.4 Å². The van der Waals surface area contributed by atoms with Gasteiger partial charge in [0.2, 0.25) is 0 Å². The van der Waals surface area contributed by atoms with E-state index in [2.05, 4.69) is 0 Å². The van der Waals surface area contributed by atoms with Crippen LogP contribution in [0.5, 0.6) is 0 Å². The monoisotopic (exact) mass is 176 g/mol. The van der Waals surface area contributed by atoms with Gasteiger partial charge in [0, 0.05) is 0 Å². The molecule has 0 saturated heterocycles. The van der Waals surface area contributed by atoms with Gasteiger partial charge in [0.05, 0.1) is 5.92 Å². The SMILES string of the molecule is C[C@H](C(=O)O)C(C(=O)O)C(=O)O. The lowest BCUT2D eigenvalue weighted by atomic mass is 9.95. The minimum atomic E-state index is -1.89. The largest absolute Gasteiger partial charge is 0.481 e. The molecule has 6 nitrogen and oxygen atoms in total. The van der Waals surface area contributed by atoms with Crippen molar-refractivity contribution in [1.29, 1.82) is 0 Å². The molecule has 12 heavy (non-hydrogen) atoms. The van der Waals surface area contributed by atoms with Crippen LogP contribution in [0.4, 0.5) is 0 Å². The van der Waals surface area contributed by atoms with E-state index in [-0.39, 0.29) is 0 Å². The van der Waals surface area contributed by atoms with Gasteiger partial charge < -0.3 is 15.3 Å². The highest BCUT2D eigenvalue weighted by Crippen LogP contribution is 2.12. The van der Waals surface area contributed by atoms with E-state index >= 15 is 0 Å². The van der Waals surface area contributed by atoms with E-state index in [0.717, 1.165) is 6.92 Å². The second-order valence-corrected chi connectivity index (χ2v) is 2.28. The lowest BCUT2D eigenvalue weighted by molar-refractivity contribution is -0.163. The molecule has 0 unspecified atom stereocenters. The Morgan fingerprint density at radius 3 is 1.33 bits per heavy atom. The van der Waals surface area contributed by atoms with E-state index < -0.39 is 29.7 Å². The third kappa shape index (κ3) is 2.22. The molecule has 0 radical (unpaired) electrons. The molecule has 0 spiro atoms. The number of rotatable bonds is 4. The Kier molecular flexibility index (Phi) is 3.21. The summed E-state index contributed by atoms with van der Waals surface area (Å²) in [5, 5.41) is 25.0. The van der Waals surface area contributed by atoms with Crippen LogP contribution < -0.4 is 0 Å². The fourth-order valence-electron chi connectivity index (χ4n) is 0.676. The summed E-state index contributed by atoms with van der Waals surface area (Å²) in [5.41, 5.74) is 0. The summed E-state index contributed by atoms with van der Waals surface area (Å²) in [6, 6.07) is 0. The van der Waals surface area contributed by atoms with Crippen LogP contribution in [-0.4, -0.2) is 33.2 Å². The molecular formula is C6H8O6. The van der Waals surface area contributed by atoms with Crippen LogP contribution in [0.15, 0.2) is 0 Å². The molecule has 0 saturated carbocycles. The van der Waals surface area contributed by atoms with Crippen molar-refractivity contribution in [1.82, 2.24) is 0 Å². The average molecular weight is 176 g/mol. The molecule has 0 amide bonds. The molecule has 0 aromatic heterocycles. The van der Waals surface area contributed by atoms with Gasteiger partial charge in [-0.3, -0.25) is 14.4 Å². The Labute approximate surface area is 67.4 Å². The Hall–Kier alpha value is -1.59. The average Bonchev–Trinajstić information content (AvgIpc) is 1.85.